The van der Waals surface area contributed by atoms with Crippen LogP contribution in [0.5, 0.6) is 0 Å². The zero-order valence-electron chi connectivity index (χ0n) is 10.2. The molecule has 0 aliphatic carbocycles. The lowest BCUT2D eigenvalue weighted by atomic mass is 9.94. The monoisotopic (exact) mass is 262 g/mol. The fraction of sp³-hybridized carbons (Fsp3) is 0.800. The molecule has 0 aromatic heterocycles. The number of rotatable bonds is 3. The van der Waals surface area contributed by atoms with Crippen LogP contribution in [0.15, 0.2) is 0 Å². The predicted octanol–water partition coefficient (Wildman–Crippen LogP) is -2.93. The van der Waals surface area contributed by atoms with Crippen molar-refractivity contribution in [1.29, 1.82) is 0 Å². The van der Waals surface area contributed by atoms with E-state index in [2.05, 4.69) is 10.6 Å². The Balaban J connectivity index is 2.89. The second-order valence-corrected chi connectivity index (χ2v) is 4.19. The molecule has 0 spiro atoms. The Kier molecular flexibility index (Phi) is 5.03. The molecule has 0 aromatic rings. The van der Waals surface area contributed by atoms with Crippen LogP contribution < -0.4 is 10.6 Å². The summed E-state index contributed by atoms with van der Waals surface area (Å²) in [5.74, 6) is -0.868. The van der Waals surface area contributed by atoms with Crippen molar-refractivity contribution in [3.05, 3.63) is 0 Å². The van der Waals surface area contributed by atoms with Crippen LogP contribution in [0.3, 0.4) is 0 Å². The van der Waals surface area contributed by atoms with Gasteiger partial charge in [-0.15, -0.1) is 0 Å². The van der Waals surface area contributed by atoms with E-state index in [1.807, 2.05) is 0 Å². The van der Waals surface area contributed by atoms with Gasteiger partial charge in [-0.05, 0) is 0 Å². The minimum absolute atomic E-state index is 0.430. The first-order valence-corrected chi connectivity index (χ1v) is 5.53. The van der Waals surface area contributed by atoms with E-state index < -0.39 is 49.0 Å². The van der Waals surface area contributed by atoms with Crippen LogP contribution in [-0.4, -0.2) is 64.3 Å². The van der Waals surface area contributed by atoms with Crippen molar-refractivity contribution in [3.8, 4) is 0 Å². The first kappa shape index (κ1) is 14.8. The van der Waals surface area contributed by atoms with E-state index >= 15 is 0 Å². The molecule has 1 saturated heterocycles. The zero-order valence-corrected chi connectivity index (χ0v) is 10.2. The molecular formula is C10H18N2O6. The third-order valence-electron chi connectivity index (χ3n) is 2.68. The second-order valence-electron chi connectivity index (χ2n) is 4.19. The van der Waals surface area contributed by atoms with Crippen LogP contribution in [0.4, 0.5) is 0 Å². The van der Waals surface area contributed by atoms with Gasteiger partial charge in [0.05, 0.1) is 12.6 Å². The maximum Gasteiger partial charge on any atom is 0.217 e. The average molecular weight is 262 g/mol. The summed E-state index contributed by atoms with van der Waals surface area (Å²) in [7, 11) is 0. The van der Waals surface area contributed by atoms with E-state index in [4.69, 9.17) is 9.84 Å². The topological polar surface area (TPSA) is 128 Å². The van der Waals surface area contributed by atoms with Crippen LogP contribution in [0, 0.1) is 0 Å². The Morgan fingerprint density at radius 2 is 1.61 bits per heavy atom. The standard InChI is InChI=1S/C10H18N2O6/c1-4(14)11-7-8(12-5(2)15)10(17)18-6(3-13)9(7)16/h6-10,13,16-17H,3H2,1-2H3,(H,11,14)(H,12,15)/t6-,7-,8+,9-,10-/m1/s1. The quantitative estimate of drug-likeness (QED) is 0.370. The van der Waals surface area contributed by atoms with Crippen molar-refractivity contribution in [2.45, 2.75) is 44.4 Å². The van der Waals surface area contributed by atoms with Gasteiger partial charge < -0.3 is 30.7 Å². The van der Waals surface area contributed by atoms with E-state index in [0.717, 1.165) is 0 Å². The molecule has 1 rings (SSSR count). The molecule has 0 radical (unpaired) electrons. The SMILES string of the molecule is CC(=O)N[C@H]1[C@H](O)[C@@H](CO)O[C@@H](O)[C@H]1NC(C)=O. The van der Waals surface area contributed by atoms with Gasteiger partial charge in [-0.1, -0.05) is 0 Å². The minimum atomic E-state index is -1.42. The largest absolute Gasteiger partial charge is 0.394 e. The van der Waals surface area contributed by atoms with Gasteiger partial charge in [0, 0.05) is 13.8 Å². The zero-order chi connectivity index (χ0) is 13.9. The van der Waals surface area contributed by atoms with E-state index in [0.29, 0.717) is 0 Å². The smallest absolute Gasteiger partial charge is 0.217 e. The number of aliphatic hydroxyl groups is 3. The Bertz CT molecular complexity index is 323. The van der Waals surface area contributed by atoms with Gasteiger partial charge in [-0.2, -0.15) is 0 Å². The van der Waals surface area contributed by atoms with Gasteiger partial charge in [0.25, 0.3) is 0 Å². The first-order valence-electron chi connectivity index (χ1n) is 5.53. The van der Waals surface area contributed by atoms with Crippen molar-refractivity contribution in [3.63, 3.8) is 0 Å². The fourth-order valence-corrected chi connectivity index (χ4v) is 1.92. The number of aliphatic hydroxyl groups excluding tert-OH is 3. The molecule has 0 aromatic carbocycles. The van der Waals surface area contributed by atoms with Crippen LogP contribution in [0.1, 0.15) is 13.8 Å². The molecular weight excluding hydrogens is 244 g/mol. The summed E-state index contributed by atoms with van der Waals surface area (Å²) in [4.78, 5) is 22.1. The van der Waals surface area contributed by atoms with Crippen LogP contribution in [-0.2, 0) is 14.3 Å². The molecule has 1 aliphatic rings. The Morgan fingerprint density at radius 3 is 2.06 bits per heavy atom. The molecule has 5 N–H and O–H groups in total. The van der Waals surface area contributed by atoms with E-state index in [1.165, 1.54) is 13.8 Å². The summed E-state index contributed by atoms with van der Waals surface area (Å²) in [6.45, 7) is 1.97. The lowest BCUT2D eigenvalue weighted by Gasteiger charge is -2.42. The highest BCUT2D eigenvalue weighted by molar-refractivity contribution is 5.75. The molecule has 1 heterocycles. The lowest BCUT2D eigenvalue weighted by molar-refractivity contribution is -0.230. The number of nitrogens with one attached hydrogen (secondary N) is 2. The summed E-state index contributed by atoms with van der Waals surface area (Å²) in [5.41, 5.74) is 0. The number of hydrogen-bond donors (Lipinski definition) is 5. The number of amides is 2. The third-order valence-corrected chi connectivity index (χ3v) is 2.68. The molecule has 0 saturated carbocycles. The number of carbonyl (C=O) groups is 2. The van der Waals surface area contributed by atoms with Crippen molar-refractivity contribution >= 4 is 11.8 Å². The maximum absolute atomic E-state index is 11.1. The highest BCUT2D eigenvalue weighted by Gasteiger charge is 2.45. The average Bonchev–Trinajstić information content (AvgIpc) is 2.27. The van der Waals surface area contributed by atoms with Gasteiger partial charge >= 0.3 is 0 Å². The first-order chi connectivity index (χ1) is 8.36. The van der Waals surface area contributed by atoms with Crippen LogP contribution in [0.25, 0.3) is 0 Å². The van der Waals surface area contributed by atoms with Crippen molar-refractivity contribution < 1.29 is 29.6 Å². The Morgan fingerprint density at radius 1 is 1.11 bits per heavy atom. The van der Waals surface area contributed by atoms with Gasteiger partial charge in [0.1, 0.15) is 18.2 Å². The molecule has 1 aliphatic heterocycles. The van der Waals surface area contributed by atoms with Crippen molar-refractivity contribution in [2.75, 3.05) is 6.61 Å². The summed E-state index contributed by atoms with van der Waals surface area (Å²) in [5, 5.41) is 33.4. The third kappa shape index (κ3) is 3.39. The Labute approximate surface area is 104 Å². The maximum atomic E-state index is 11.1. The molecule has 5 atom stereocenters. The molecule has 0 bridgehead atoms. The van der Waals surface area contributed by atoms with Crippen LogP contribution in [0.2, 0.25) is 0 Å². The van der Waals surface area contributed by atoms with Crippen LogP contribution >= 0.6 is 0 Å². The predicted molar refractivity (Wildman–Crippen MR) is 59.2 cm³/mol. The summed E-state index contributed by atoms with van der Waals surface area (Å²) >= 11 is 0. The number of ether oxygens (including phenoxy) is 1. The number of carbonyl (C=O) groups excluding carboxylic acids is 2. The normalized spacial score (nSPS) is 35.9. The molecule has 8 nitrogen and oxygen atoms in total. The molecule has 1 fully saturated rings. The van der Waals surface area contributed by atoms with Gasteiger partial charge in [0.2, 0.25) is 11.8 Å². The fourth-order valence-electron chi connectivity index (χ4n) is 1.92. The molecule has 104 valence electrons. The molecule has 0 unspecified atom stereocenters. The second kappa shape index (κ2) is 6.10. The van der Waals surface area contributed by atoms with Gasteiger partial charge in [-0.3, -0.25) is 9.59 Å². The molecule has 18 heavy (non-hydrogen) atoms. The van der Waals surface area contributed by atoms with Gasteiger partial charge in [-0.25, -0.2) is 0 Å². The minimum Gasteiger partial charge on any atom is -0.394 e. The highest BCUT2D eigenvalue weighted by Crippen LogP contribution is 2.19. The summed E-state index contributed by atoms with van der Waals surface area (Å²) in [6.07, 6.45) is -3.69. The van der Waals surface area contributed by atoms with E-state index in [-0.39, 0.29) is 0 Å². The van der Waals surface area contributed by atoms with E-state index in [1.54, 1.807) is 0 Å². The molecule has 8 heteroatoms. The molecule has 2 amide bonds. The lowest BCUT2D eigenvalue weighted by Crippen LogP contribution is -2.68. The van der Waals surface area contributed by atoms with E-state index in [9.17, 15) is 19.8 Å². The summed E-state index contributed by atoms with van der Waals surface area (Å²) < 4.78 is 4.96. The Hall–Kier alpha value is -1.22. The highest BCUT2D eigenvalue weighted by atomic mass is 16.6. The summed E-state index contributed by atoms with van der Waals surface area (Å²) in [6, 6.07) is -1.92. The van der Waals surface area contributed by atoms with Crippen molar-refractivity contribution in [1.82, 2.24) is 10.6 Å². The van der Waals surface area contributed by atoms with Gasteiger partial charge in [0.15, 0.2) is 6.29 Å². The van der Waals surface area contributed by atoms with Crippen molar-refractivity contribution in [2.24, 2.45) is 0 Å². The number of hydrogen-bond acceptors (Lipinski definition) is 6.